The molecule has 6 heteroatoms. The molecule has 1 aromatic rings. The maximum atomic E-state index is 5.33. The molecule has 18 heavy (non-hydrogen) atoms. The van der Waals surface area contributed by atoms with E-state index >= 15 is 0 Å². The van der Waals surface area contributed by atoms with E-state index in [0.717, 1.165) is 30.4 Å². The molecule has 0 fully saturated rings. The van der Waals surface area contributed by atoms with Crippen molar-refractivity contribution in [3.05, 3.63) is 11.9 Å². The molecule has 0 aromatic carbocycles. The van der Waals surface area contributed by atoms with E-state index in [1.54, 1.807) is 0 Å². The lowest BCUT2D eigenvalue weighted by Gasteiger charge is -2.09. The zero-order chi connectivity index (χ0) is 13.2. The Morgan fingerprint density at radius 2 is 2.11 bits per heavy atom. The Hall–Kier alpha value is -1.01. The number of aromatic nitrogens is 2. The normalized spacial score (nSPS) is 10.4. The van der Waals surface area contributed by atoms with Crippen LogP contribution in [0.3, 0.4) is 0 Å². The molecule has 0 bridgehead atoms. The van der Waals surface area contributed by atoms with E-state index in [-0.39, 0.29) is 0 Å². The summed E-state index contributed by atoms with van der Waals surface area (Å²) in [5.74, 6) is 3.52. The molecule has 0 saturated heterocycles. The summed E-state index contributed by atoms with van der Waals surface area (Å²) in [7, 11) is 1.85. The highest BCUT2D eigenvalue weighted by Crippen LogP contribution is 2.11. The van der Waals surface area contributed by atoms with E-state index < -0.39 is 0 Å². The summed E-state index contributed by atoms with van der Waals surface area (Å²) in [5.41, 5.74) is 0. The van der Waals surface area contributed by atoms with Crippen LogP contribution < -0.4 is 10.6 Å². The van der Waals surface area contributed by atoms with Gasteiger partial charge in [-0.05, 0) is 25.4 Å². The third-order valence-electron chi connectivity index (χ3n) is 2.30. The van der Waals surface area contributed by atoms with E-state index in [2.05, 4.69) is 26.9 Å². The fraction of sp³-hybridized carbons (Fsp3) is 0.667. The topological polar surface area (TPSA) is 59.1 Å². The molecule has 1 aromatic heterocycles. The molecule has 102 valence electrons. The summed E-state index contributed by atoms with van der Waals surface area (Å²) in [6.45, 7) is 4.01. The average molecular weight is 270 g/mol. The minimum Gasteiger partial charge on any atom is -0.374 e. The summed E-state index contributed by atoms with van der Waals surface area (Å²) in [6.07, 6.45) is 3.24. The molecule has 0 radical (unpaired) electrons. The van der Waals surface area contributed by atoms with Crippen LogP contribution in [0.2, 0.25) is 0 Å². The van der Waals surface area contributed by atoms with Crippen molar-refractivity contribution in [3.8, 4) is 0 Å². The molecule has 5 nitrogen and oxygen atoms in total. The Morgan fingerprint density at radius 3 is 2.78 bits per heavy atom. The van der Waals surface area contributed by atoms with Crippen molar-refractivity contribution < 1.29 is 4.74 Å². The van der Waals surface area contributed by atoms with Gasteiger partial charge in [-0.1, -0.05) is 0 Å². The molecule has 2 N–H and O–H groups in total. The van der Waals surface area contributed by atoms with Crippen molar-refractivity contribution >= 4 is 23.4 Å². The van der Waals surface area contributed by atoms with E-state index in [9.17, 15) is 0 Å². The Kier molecular flexibility index (Phi) is 7.52. The molecular formula is C12H22N4OS. The highest BCUT2D eigenvalue weighted by atomic mass is 32.2. The van der Waals surface area contributed by atoms with Crippen LogP contribution in [0, 0.1) is 0 Å². The Morgan fingerprint density at radius 1 is 1.33 bits per heavy atom. The second kappa shape index (κ2) is 8.99. The van der Waals surface area contributed by atoms with Crippen molar-refractivity contribution in [2.24, 2.45) is 0 Å². The van der Waals surface area contributed by atoms with Gasteiger partial charge in [0, 0.05) is 26.3 Å². The lowest BCUT2D eigenvalue weighted by atomic mass is 10.4. The van der Waals surface area contributed by atoms with E-state index in [1.165, 1.54) is 0 Å². The summed E-state index contributed by atoms with van der Waals surface area (Å²) < 4.78 is 5.33. The maximum absolute atomic E-state index is 5.33. The minimum atomic E-state index is 0.450. The summed E-state index contributed by atoms with van der Waals surface area (Å²) in [4.78, 5) is 8.76. The third-order valence-corrected chi connectivity index (χ3v) is 2.99. The Bertz CT molecular complexity index is 349. The first-order chi connectivity index (χ1) is 8.80. The number of ether oxygens (including phenoxy) is 1. The monoisotopic (exact) mass is 270 g/mol. The predicted octanol–water partition coefficient (Wildman–Crippen LogP) is 2.22. The largest absolute Gasteiger partial charge is 0.374 e. The zero-order valence-electron chi connectivity index (χ0n) is 11.3. The van der Waals surface area contributed by atoms with E-state index in [4.69, 9.17) is 4.74 Å². The number of nitrogens with zero attached hydrogens (tertiary/aromatic N) is 2. The van der Waals surface area contributed by atoms with Gasteiger partial charge in [0.1, 0.15) is 18.2 Å². The van der Waals surface area contributed by atoms with Crippen LogP contribution in [0.25, 0.3) is 0 Å². The van der Waals surface area contributed by atoms with Gasteiger partial charge >= 0.3 is 0 Å². The Labute approximate surface area is 113 Å². The van der Waals surface area contributed by atoms with Gasteiger partial charge in [-0.2, -0.15) is 11.8 Å². The molecule has 0 aliphatic carbocycles. The summed E-state index contributed by atoms with van der Waals surface area (Å²) >= 11 is 1.85. The number of nitrogens with one attached hydrogen (secondary N) is 2. The summed E-state index contributed by atoms with van der Waals surface area (Å²) in [6, 6.07) is 1.91. The van der Waals surface area contributed by atoms with Gasteiger partial charge in [-0.25, -0.2) is 9.97 Å². The fourth-order valence-electron chi connectivity index (χ4n) is 1.41. The maximum Gasteiger partial charge on any atom is 0.158 e. The van der Waals surface area contributed by atoms with Crippen LogP contribution >= 0.6 is 11.8 Å². The number of hydrogen-bond acceptors (Lipinski definition) is 6. The zero-order valence-corrected chi connectivity index (χ0v) is 12.1. The van der Waals surface area contributed by atoms with Crippen molar-refractivity contribution in [1.29, 1.82) is 0 Å². The number of rotatable bonds is 9. The molecule has 0 aliphatic rings. The highest BCUT2D eigenvalue weighted by molar-refractivity contribution is 7.98. The van der Waals surface area contributed by atoms with Crippen molar-refractivity contribution in [2.45, 2.75) is 20.0 Å². The van der Waals surface area contributed by atoms with E-state index in [0.29, 0.717) is 19.0 Å². The molecule has 0 aliphatic heterocycles. The second-order valence-corrected chi connectivity index (χ2v) is 4.70. The van der Waals surface area contributed by atoms with Crippen LogP contribution in [0.4, 0.5) is 11.6 Å². The number of thioether (sulfide) groups is 1. The van der Waals surface area contributed by atoms with Gasteiger partial charge in [0.25, 0.3) is 0 Å². The number of hydrogen-bond donors (Lipinski definition) is 2. The second-order valence-electron chi connectivity index (χ2n) is 3.71. The van der Waals surface area contributed by atoms with Crippen molar-refractivity contribution in [1.82, 2.24) is 9.97 Å². The minimum absolute atomic E-state index is 0.450. The molecule has 0 unspecified atom stereocenters. The highest BCUT2D eigenvalue weighted by Gasteiger charge is 2.03. The van der Waals surface area contributed by atoms with E-state index in [1.807, 2.05) is 31.8 Å². The molecular weight excluding hydrogens is 248 g/mol. The van der Waals surface area contributed by atoms with Crippen LogP contribution in [0.5, 0.6) is 0 Å². The van der Waals surface area contributed by atoms with Gasteiger partial charge in [0.2, 0.25) is 0 Å². The lowest BCUT2D eigenvalue weighted by molar-refractivity contribution is 0.128. The van der Waals surface area contributed by atoms with Gasteiger partial charge in [0.15, 0.2) is 5.82 Å². The van der Waals surface area contributed by atoms with Gasteiger partial charge < -0.3 is 15.4 Å². The fourth-order valence-corrected chi connectivity index (χ4v) is 1.84. The van der Waals surface area contributed by atoms with Crippen LogP contribution in [-0.2, 0) is 11.3 Å². The predicted molar refractivity (Wildman–Crippen MR) is 78.4 cm³/mol. The third kappa shape index (κ3) is 5.55. The molecule has 0 spiro atoms. The van der Waals surface area contributed by atoms with Gasteiger partial charge in [0.05, 0.1) is 0 Å². The molecule has 0 amide bonds. The van der Waals surface area contributed by atoms with Crippen molar-refractivity contribution in [3.63, 3.8) is 0 Å². The smallest absolute Gasteiger partial charge is 0.158 e. The first-order valence-electron chi connectivity index (χ1n) is 6.16. The average Bonchev–Trinajstić information content (AvgIpc) is 2.41. The summed E-state index contributed by atoms with van der Waals surface area (Å²) in [5, 5.41) is 6.35. The first-order valence-corrected chi connectivity index (χ1v) is 7.55. The standard InChI is InChI=1S/C12H22N4OS/c1-4-17-9-12-15-10(13-2)8-11(16-12)14-6-5-7-18-3/h8H,4-7,9H2,1-3H3,(H2,13,14,15,16). The SMILES string of the molecule is CCOCc1nc(NC)cc(NCCCSC)n1. The van der Waals surface area contributed by atoms with Crippen LogP contribution in [0.15, 0.2) is 6.07 Å². The van der Waals surface area contributed by atoms with Crippen LogP contribution in [0.1, 0.15) is 19.2 Å². The molecule has 1 heterocycles. The van der Waals surface area contributed by atoms with Crippen LogP contribution in [-0.4, -0.2) is 42.2 Å². The van der Waals surface area contributed by atoms with Gasteiger partial charge in [-0.15, -0.1) is 0 Å². The molecule has 1 rings (SSSR count). The van der Waals surface area contributed by atoms with Gasteiger partial charge in [-0.3, -0.25) is 0 Å². The molecule has 0 saturated carbocycles. The lowest BCUT2D eigenvalue weighted by Crippen LogP contribution is -2.09. The first kappa shape index (κ1) is 15.0. The quantitative estimate of drug-likeness (QED) is 0.671. The number of anilines is 2. The Balaban J connectivity index is 2.58. The molecule has 0 atom stereocenters. The van der Waals surface area contributed by atoms with Crippen molar-refractivity contribution in [2.75, 3.05) is 42.8 Å².